The van der Waals surface area contributed by atoms with Crippen LogP contribution in [0.2, 0.25) is 0 Å². The molecule has 2 aromatic rings. The minimum absolute atomic E-state index is 0.0773. The van der Waals surface area contributed by atoms with Crippen LogP contribution in [0.3, 0.4) is 0 Å². The third-order valence-electron chi connectivity index (χ3n) is 4.05. The summed E-state index contributed by atoms with van der Waals surface area (Å²) < 4.78 is 5.40. The number of quaternary nitrogens is 1. The zero-order valence-corrected chi connectivity index (χ0v) is 13.9. The molecule has 2 heterocycles. The Kier molecular flexibility index (Phi) is 5.74. The molecule has 1 amide bonds. The van der Waals surface area contributed by atoms with Crippen LogP contribution in [0, 0.1) is 0 Å². The number of hydrogen-bond acceptors (Lipinski definition) is 4. The highest BCUT2D eigenvalue weighted by Crippen LogP contribution is 2.11. The fraction of sp³-hybridized carbons (Fsp3) is 0.412. The second-order valence-corrected chi connectivity index (χ2v) is 6.61. The number of aromatic nitrogens is 1. The van der Waals surface area contributed by atoms with Crippen molar-refractivity contribution in [3.63, 3.8) is 0 Å². The summed E-state index contributed by atoms with van der Waals surface area (Å²) >= 11 is 1.59. The smallest absolute Gasteiger partial charge is 0.254 e. The van der Waals surface area contributed by atoms with Gasteiger partial charge in [-0.05, 0) is 12.1 Å². The predicted octanol–water partition coefficient (Wildman–Crippen LogP) is 0.701. The van der Waals surface area contributed by atoms with Crippen LogP contribution in [0.1, 0.15) is 15.4 Å². The van der Waals surface area contributed by atoms with Crippen LogP contribution in [0.4, 0.5) is 0 Å². The molecule has 5 nitrogen and oxygen atoms in total. The highest BCUT2D eigenvalue weighted by atomic mass is 32.1. The van der Waals surface area contributed by atoms with Crippen molar-refractivity contribution in [2.24, 2.45) is 0 Å². The maximum Gasteiger partial charge on any atom is 0.254 e. The van der Waals surface area contributed by atoms with Crippen molar-refractivity contribution >= 4 is 17.2 Å². The van der Waals surface area contributed by atoms with E-state index >= 15 is 0 Å². The lowest BCUT2D eigenvalue weighted by Gasteiger charge is -2.27. The van der Waals surface area contributed by atoms with Crippen LogP contribution in [0.5, 0.6) is 0 Å². The van der Waals surface area contributed by atoms with E-state index in [9.17, 15) is 4.79 Å². The number of benzene rings is 1. The minimum Gasteiger partial charge on any atom is -0.370 e. The highest BCUT2D eigenvalue weighted by Gasteiger charge is 2.20. The number of morpholine rings is 1. The van der Waals surface area contributed by atoms with Gasteiger partial charge in [-0.1, -0.05) is 18.2 Å². The summed E-state index contributed by atoms with van der Waals surface area (Å²) in [5.41, 5.74) is 0.737. The van der Waals surface area contributed by atoms with Crippen LogP contribution >= 0.6 is 11.3 Å². The predicted molar refractivity (Wildman–Crippen MR) is 89.7 cm³/mol. The van der Waals surface area contributed by atoms with Gasteiger partial charge in [0.05, 0.1) is 32.8 Å². The van der Waals surface area contributed by atoms with Gasteiger partial charge < -0.3 is 14.5 Å². The number of amides is 1. The first kappa shape index (κ1) is 16.1. The highest BCUT2D eigenvalue weighted by molar-refractivity contribution is 7.09. The van der Waals surface area contributed by atoms with Crippen molar-refractivity contribution in [3.05, 3.63) is 52.5 Å². The standard InChI is InChI=1S/C17H21N3O2S/c21-17(15-4-2-1-3-5-15)20(14-16-18-6-13-23-16)8-7-19-9-11-22-12-10-19/h1-6,13H,7-12,14H2/p+1. The quantitative estimate of drug-likeness (QED) is 0.847. The molecule has 122 valence electrons. The minimum atomic E-state index is 0.0773. The lowest BCUT2D eigenvalue weighted by atomic mass is 10.2. The van der Waals surface area contributed by atoms with E-state index in [0.717, 1.165) is 50.0 Å². The van der Waals surface area contributed by atoms with E-state index in [1.807, 2.05) is 40.6 Å². The van der Waals surface area contributed by atoms with E-state index < -0.39 is 0 Å². The molecule has 3 rings (SSSR count). The molecule has 1 fully saturated rings. The molecule has 0 unspecified atom stereocenters. The van der Waals surface area contributed by atoms with Gasteiger partial charge in [0.25, 0.3) is 5.91 Å². The zero-order chi connectivity index (χ0) is 15.9. The number of nitrogens with one attached hydrogen (secondary N) is 1. The number of thiazole rings is 1. The molecular formula is C17H22N3O2S+. The van der Waals surface area contributed by atoms with E-state index in [4.69, 9.17) is 4.74 Å². The maximum atomic E-state index is 12.8. The number of carbonyl (C=O) groups excluding carboxylic acids is 1. The molecule has 0 radical (unpaired) electrons. The van der Waals surface area contributed by atoms with Gasteiger partial charge >= 0.3 is 0 Å². The lowest BCUT2D eigenvalue weighted by molar-refractivity contribution is -0.907. The molecule has 0 aliphatic carbocycles. The molecule has 1 aromatic heterocycles. The molecule has 0 atom stereocenters. The number of ether oxygens (including phenoxy) is 1. The summed E-state index contributed by atoms with van der Waals surface area (Å²) in [6.07, 6.45) is 1.79. The van der Waals surface area contributed by atoms with Crippen molar-refractivity contribution in [1.29, 1.82) is 0 Å². The summed E-state index contributed by atoms with van der Waals surface area (Å²) in [5.74, 6) is 0.0773. The number of hydrogen-bond donors (Lipinski definition) is 1. The fourth-order valence-electron chi connectivity index (χ4n) is 2.71. The van der Waals surface area contributed by atoms with E-state index in [1.165, 1.54) is 4.90 Å². The van der Waals surface area contributed by atoms with Gasteiger partial charge in [-0.15, -0.1) is 11.3 Å². The Morgan fingerprint density at radius 1 is 1.26 bits per heavy atom. The third-order valence-corrected chi connectivity index (χ3v) is 4.82. The second-order valence-electron chi connectivity index (χ2n) is 5.63. The first-order chi connectivity index (χ1) is 11.3. The largest absolute Gasteiger partial charge is 0.370 e. The molecule has 23 heavy (non-hydrogen) atoms. The Morgan fingerprint density at radius 3 is 2.74 bits per heavy atom. The topological polar surface area (TPSA) is 46.9 Å². The molecule has 0 bridgehead atoms. The fourth-order valence-corrected chi connectivity index (χ4v) is 3.34. The van der Waals surface area contributed by atoms with E-state index in [0.29, 0.717) is 6.54 Å². The summed E-state index contributed by atoms with van der Waals surface area (Å²) in [4.78, 5) is 20.6. The van der Waals surface area contributed by atoms with Gasteiger partial charge in [-0.2, -0.15) is 0 Å². The molecular weight excluding hydrogens is 310 g/mol. The van der Waals surface area contributed by atoms with Crippen molar-refractivity contribution in [1.82, 2.24) is 9.88 Å². The monoisotopic (exact) mass is 332 g/mol. The van der Waals surface area contributed by atoms with Crippen LogP contribution in [-0.4, -0.2) is 55.2 Å². The Bertz CT molecular complexity index is 598. The number of carbonyl (C=O) groups is 1. The van der Waals surface area contributed by atoms with Crippen molar-refractivity contribution < 1.29 is 14.4 Å². The van der Waals surface area contributed by atoms with Crippen molar-refractivity contribution in [3.8, 4) is 0 Å². The van der Waals surface area contributed by atoms with Crippen molar-refractivity contribution in [2.75, 3.05) is 39.4 Å². The number of rotatable bonds is 6. The SMILES string of the molecule is O=C(c1ccccc1)N(CC[NH+]1CCOCC1)Cc1nccs1. The Balaban J connectivity index is 1.66. The van der Waals surface area contributed by atoms with Gasteiger partial charge in [-0.25, -0.2) is 4.98 Å². The van der Waals surface area contributed by atoms with Gasteiger partial charge in [0.2, 0.25) is 0 Å². The average molecular weight is 332 g/mol. The second kappa shape index (κ2) is 8.19. The number of nitrogens with zero attached hydrogens (tertiary/aromatic N) is 2. The van der Waals surface area contributed by atoms with Gasteiger partial charge in [0.1, 0.15) is 18.1 Å². The molecule has 0 saturated carbocycles. The molecule has 0 spiro atoms. The Hall–Kier alpha value is -1.76. The summed E-state index contributed by atoms with van der Waals surface area (Å²) in [6, 6.07) is 9.49. The van der Waals surface area contributed by atoms with Gasteiger partial charge in [0.15, 0.2) is 0 Å². The van der Waals surface area contributed by atoms with E-state index in [1.54, 1.807) is 17.5 Å². The van der Waals surface area contributed by atoms with Crippen LogP contribution in [0.15, 0.2) is 41.9 Å². The van der Waals surface area contributed by atoms with Gasteiger partial charge in [0, 0.05) is 17.1 Å². The van der Waals surface area contributed by atoms with Gasteiger partial charge in [-0.3, -0.25) is 4.79 Å². The Labute approximate surface area is 140 Å². The lowest BCUT2D eigenvalue weighted by Crippen LogP contribution is -3.14. The molecule has 1 N–H and O–H groups in total. The van der Waals surface area contributed by atoms with Crippen LogP contribution < -0.4 is 4.90 Å². The molecule has 1 saturated heterocycles. The molecule has 1 aliphatic rings. The van der Waals surface area contributed by atoms with Crippen molar-refractivity contribution in [2.45, 2.75) is 6.54 Å². The molecule has 1 aromatic carbocycles. The summed E-state index contributed by atoms with van der Waals surface area (Å²) in [7, 11) is 0. The first-order valence-corrected chi connectivity index (χ1v) is 8.85. The normalized spacial score (nSPS) is 15.5. The van der Waals surface area contributed by atoms with Crippen LogP contribution in [0.25, 0.3) is 0 Å². The third kappa shape index (κ3) is 4.60. The van der Waals surface area contributed by atoms with E-state index in [-0.39, 0.29) is 5.91 Å². The molecule has 6 heteroatoms. The first-order valence-electron chi connectivity index (χ1n) is 7.97. The Morgan fingerprint density at radius 2 is 2.04 bits per heavy atom. The zero-order valence-electron chi connectivity index (χ0n) is 13.1. The average Bonchev–Trinajstić information content (AvgIpc) is 3.13. The van der Waals surface area contributed by atoms with Crippen LogP contribution in [-0.2, 0) is 11.3 Å². The molecule has 1 aliphatic heterocycles. The summed E-state index contributed by atoms with van der Waals surface area (Å²) in [6.45, 7) is 5.93. The maximum absolute atomic E-state index is 12.8. The summed E-state index contributed by atoms with van der Waals surface area (Å²) in [5, 5.41) is 2.93. The van der Waals surface area contributed by atoms with E-state index in [2.05, 4.69) is 4.98 Å².